The first-order chi connectivity index (χ1) is 11.9. The molecule has 0 unspecified atom stereocenters. The molecule has 0 aliphatic rings. The van der Waals surface area contributed by atoms with Crippen molar-refractivity contribution in [2.75, 3.05) is 12.4 Å². The lowest BCUT2D eigenvalue weighted by Gasteiger charge is -2.10. The molecule has 3 rings (SSSR count). The summed E-state index contributed by atoms with van der Waals surface area (Å²) in [4.78, 5) is 0. The summed E-state index contributed by atoms with van der Waals surface area (Å²) in [5.74, 6) is -0.209. The Balaban J connectivity index is 0.00000109. The maximum Gasteiger partial charge on any atom is 0.573 e. The van der Waals surface area contributed by atoms with Gasteiger partial charge in [0.2, 0.25) is 0 Å². The fraction of sp³-hybridized carbons (Fsp3) is 0.222. The van der Waals surface area contributed by atoms with Gasteiger partial charge < -0.3 is 15.2 Å². The quantitative estimate of drug-likeness (QED) is 0.653. The maximum atomic E-state index is 12.1. The lowest BCUT2D eigenvalue weighted by atomic mass is 10.2. The first kappa shape index (κ1) is 19.1. The Hall–Kier alpha value is -2.25. The number of hydrogen-bond donors (Lipinski definition) is 2. The van der Waals surface area contributed by atoms with E-state index in [1.807, 2.05) is 12.1 Å². The molecule has 1 heterocycles. The second kappa shape index (κ2) is 8.22. The van der Waals surface area contributed by atoms with Crippen molar-refractivity contribution in [1.29, 1.82) is 0 Å². The summed E-state index contributed by atoms with van der Waals surface area (Å²) in [5.41, 5.74) is 2.07. The van der Waals surface area contributed by atoms with Gasteiger partial charge in [-0.05, 0) is 41.6 Å². The average Bonchev–Trinajstić information content (AvgIpc) is 2.91. The molecule has 0 fully saturated rings. The van der Waals surface area contributed by atoms with Crippen molar-refractivity contribution in [2.45, 2.75) is 19.8 Å². The standard InChI is InChI=1S/C17H14F3NOS.CH4O/c1-11-14-4-2-3-5-15(14)23-16(11)21-10-12-6-8-13(9-7-12)22-17(18,19)20;1-2/h2-9,21H,10H2,1H3;2H,1H3. The first-order valence-corrected chi connectivity index (χ1v) is 8.25. The van der Waals surface area contributed by atoms with E-state index >= 15 is 0 Å². The summed E-state index contributed by atoms with van der Waals surface area (Å²) < 4.78 is 41.4. The van der Waals surface area contributed by atoms with Crippen molar-refractivity contribution >= 4 is 26.4 Å². The summed E-state index contributed by atoms with van der Waals surface area (Å²) in [5, 5.41) is 12.6. The monoisotopic (exact) mass is 369 g/mol. The van der Waals surface area contributed by atoms with E-state index in [2.05, 4.69) is 29.1 Å². The van der Waals surface area contributed by atoms with Gasteiger partial charge >= 0.3 is 6.36 Å². The highest BCUT2D eigenvalue weighted by Gasteiger charge is 2.30. The summed E-state index contributed by atoms with van der Waals surface area (Å²) in [6.07, 6.45) is -4.66. The van der Waals surface area contributed by atoms with Gasteiger partial charge in [-0.2, -0.15) is 0 Å². The molecule has 3 nitrogen and oxygen atoms in total. The number of aliphatic hydroxyl groups is 1. The molecule has 0 spiro atoms. The molecule has 0 aliphatic heterocycles. The number of benzene rings is 2. The van der Waals surface area contributed by atoms with Crippen LogP contribution in [0.2, 0.25) is 0 Å². The number of aryl methyl sites for hydroxylation is 1. The zero-order valence-corrected chi connectivity index (χ0v) is 14.5. The predicted octanol–water partition coefficient (Wildman–Crippen LogP) is 5.33. The van der Waals surface area contributed by atoms with Gasteiger partial charge in [0, 0.05) is 18.4 Å². The van der Waals surface area contributed by atoms with E-state index in [1.54, 1.807) is 23.5 Å². The van der Waals surface area contributed by atoms with Crippen LogP contribution in [0.1, 0.15) is 11.1 Å². The number of rotatable bonds is 4. The lowest BCUT2D eigenvalue weighted by Crippen LogP contribution is -2.17. The molecule has 0 radical (unpaired) electrons. The molecule has 2 aromatic carbocycles. The van der Waals surface area contributed by atoms with Crippen LogP contribution in [0.25, 0.3) is 10.1 Å². The number of ether oxygens (including phenoxy) is 1. The van der Waals surface area contributed by atoms with E-state index in [0.717, 1.165) is 17.7 Å². The van der Waals surface area contributed by atoms with Crippen LogP contribution in [0.5, 0.6) is 5.75 Å². The molecule has 0 amide bonds. The highest BCUT2D eigenvalue weighted by molar-refractivity contribution is 7.23. The Morgan fingerprint density at radius 3 is 2.28 bits per heavy atom. The summed E-state index contributed by atoms with van der Waals surface area (Å²) in [7, 11) is 1.00. The van der Waals surface area contributed by atoms with Crippen LogP contribution in [0, 0.1) is 6.92 Å². The van der Waals surface area contributed by atoms with Crippen LogP contribution in [0.4, 0.5) is 18.2 Å². The fourth-order valence-corrected chi connectivity index (χ4v) is 3.44. The van der Waals surface area contributed by atoms with E-state index in [0.29, 0.717) is 6.54 Å². The number of thiophene rings is 1. The van der Waals surface area contributed by atoms with Crippen LogP contribution in [-0.2, 0) is 6.54 Å². The van der Waals surface area contributed by atoms with Gasteiger partial charge in [0.1, 0.15) is 5.75 Å². The Labute approximate surface area is 147 Å². The normalized spacial score (nSPS) is 11.0. The lowest BCUT2D eigenvalue weighted by molar-refractivity contribution is -0.274. The van der Waals surface area contributed by atoms with Crippen molar-refractivity contribution in [2.24, 2.45) is 0 Å². The highest BCUT2D eigenvalue weighted by atomic mass is 32.1. The minimum Gasteiger partial charge on any atom is -0.406 e. The first-order valence-electron chi connectivity index (χ1n) is 7.44. The Kier molecular flexibility index (Phi) is 6.27. The molecule has 7 heteroatoms. The number of alkyl halides is 3. The summed E-state index contributed by atoms with van der Waals surface area (Å²) >= 11 is 1.67. The van der Waals surface area contributed by atoms with E-state index in [-0.39, 0.29) is 5.75 Å². The number of fused-ring (bicyclic) bond motifs is 1. The molecule has 134 valence electrons. The minimum atomic E-state index is -4.66. The SMILES string of the molecule is CO.Cc1c(NCc2ccc(OC(F)(F)F)cc2)sc2ccccc12. The third-order valence-electron chi connectivity index (χ3n) is 3.45. The predicted molar refractivity (Wildman–Crippen MR) is 95.2 cm³/mol. The van der Waals surface area contributed by atoms with Gasteiger partial charge in [-0.3, -0.25) is 0 Å². The molecule has 0 saturated carbocycles. The molecule has 2 N–H and O–H groups in total. The van der Waals surface area contributed by atoms with Crippen LogP contribution in [-0.4, -0.2) is 18.6 Å². The van der Waals surface area contributed by atoms with Crippen molar-refractivity contribution in [3.63, 3.8) is 0 Å². The van der Waals surface area contributed by atoms with Crippen LogP contribution in [0.15, 0.2) is 48.5 Å². The zero-order chi connectivity index (χ0) is 18.4. The molecule has 0 atom stereocenters. The molecule has 1 aromatic heterocycles. The van der Waals surface area contributed by atoms with Gasteiger partial charge in [-0.25, -0.2) is 0 Å². The summed E-state index contributed by atoms with van der Waals surface area (Å²) in [6.45, 7) is 2.60. The smallest absolute Gasteiger partial charge is 0.406 e. The molecule has 0 saturated heterocycles. The number of anilines is 1. The number of hydrogen-bond acceptors (Lipinski definition) is 4. The molecule has 3 aromatic rings. The van der Waals surface area contributed by atoms with Crippen molar-refractivity contribution < 1.29 is 23.0 Å². The van der Waals surface area contributed by atoms with E-state index in [4.69, 9.17) is 5.11 Å². The van der Waals surface area contributed by atoms with E-state index in [1.165, 1.54) is 27.8 Å². The molecular formula is C18H18F3NO2S. The largest absolute Gasteiger partial charge is 0.573 e. The van der Waals surface area contributed by atoms with Crippen LogP contribution >= 0.6 is 11.3 Å². The number of aliphatic hydroxyl groups excluding tert-OH is 1. The topological polar surface area (TPSA) is 41.5 Å². The van der Waals surface area contributed by atoms with Crippen LogP contribution in [0.3, 0.4) is 0 Å². The Bertz CT molecular complexity index is 813. The molecular weight excluding hydrogens is 351 g/mol. The molecule has 0 bridgehead atoms. The zero-order valence-electron chi connectivity index (χ0n) is 13.7. The van der Waals surface area contributed by atoms with Crippen molar-refractivity contribution in [3.05, 3.63) is 59.7 Å². The van der Waals surface area contributed by atoms with Crippen LogP contribution < -0.4 is 10.1 Å². The van der Waals surface area contributed by atoms with Gasteiger partial charge in [-0.1, -0.05) is 30.3 Å². The van der Waals surface area contributed by atoms with Gasteiger partial charge in [-0.15, -0.1) is 24.5 Å². The Morgan fingerprint density at radius 2 is 1.68 bits per heavy atom. The van der Waals surface area contributed by atoms with E-state index in [9.17, 15) is 13.2 Å². The highest BCUT2D eigenvalue weighted by Crippen LogP contribution is 2.35. The minimum absolute atomic E-state index is 0.209. The Morgan fingerprint density at radius 1 is 1.04 bits per heavy atom. The average molecular weight is 369 g/mol. The third kappa shape index (κ3) is 5.11. The fourth-order valence-electron chi connectivity index (χ4n) is 2.33. The third-order valence-corrected chi connectivity index (χ3v) is 4.68. The molecule has 25 heavy (non-hydrogen) atoms. The van der Waals surface area contributed by atoms with Gasteiger partial charge in [0.25, 0.3) is 0 Å². The maximum absolute atomic E-state index is 12.1. The van der Waals surface area contributed by atoms with Crippen molar-refractivity contribution in [3.8, 4) is 5.75 Å². The van der Waals surface area contributed by atoms with Gasteiger partial charge in [0.05, 0.1) is 5.00 Å². The second-order valence-corrected chi connectivity index (χ2v) is 6.15. The van der Waals surface area contributed by atoms with E-state index < -0.39 is 6.36 Å². The van der Waals surface area contributed by atoms with Gasteiger partial charge in [0.15, 0.2) is 0 Å². The van der Waals surface area contributed by atoms with Crippen molar-refractivity contribution in [1.82, 2.24) is 0 Å². The number of halogens is 3. The second-order valence-electron chi connectivity index (χ2n) is 5.10. The molecule has 0 aliphatic carbocycles. The summed E-state index contributed by atoms with van der Waals surface area (Å²) in [6, 6.07) is 14.0. The number of nitrogens with one attached hydrogen (secondary N) is 1.